The average molecular weight is 333 g/mol. The molecule has 4 unspecified atom stereocenters. The minimum Gasteiger partial charge on any atom is -0.300 e. The first-order chi connectivity index (χ1) is 11.1. The van der Waals surface area contributed by atoms with E-state index in [0.717, 1.165) is 35.6 Å². The predicted molar refractivity (Wildman–Crippen MR) is 102 cm³/mol. The lowest BCUT2D eigenvalue weighted by Gasteiger charge is -2.34. The fourth-order valence-corrected chi connectivity index (χ4v) is 6.46. The SMILES string of the molecule is CC(C)(C)C1CC2CN(C3CC4CN(C(C)(C)C)CC4C3)CC2C1. The number of hydrogen-bond donors (Lipinski definition) is 0. The van der Waals surface area contributed by atoms with E-state index >= 15 is 0 Å². The van der Waals surface area contributed by atoms with Crippen molar-refractivity contribution in [1.29, 1.82) is 0 Å². The van der Waals surface area contributed by atoms with Crippen LogP contribution < -0.4 is 0 Å². The third-order valence-corrected chi connectivity index (χ3v) is 8.20. The molecule has 2 heteroatoms. The van der Waals surface area contributed by atoms with Crippen LogP contribution in [0.25, 0.3) is 0 Å². The molecule has 138 valence electrons. The summed E-state index contributed by atoms with van der Waals surface area (Å²) in [5.74, 6) is 4.97. The van der Waals surface area contributed by atoms with Crippen LogP contribution in [0.3, 0.4) is 0 Å². The lowest BCUT2D eigenvalue weighted by atomic mass is 9.79. The maximum atomic E-state index is 2.92. The standard InChI is InChI=1S/C22H40N2/c1-21(2,3)19-7-15-11-23(12-16(15)8-19)20-9-17-13-24(22(4,5)6)14-18(17)10-20/h15-20H,7-14H2,1-6H3. The normalized spacial score (nSPS) is 44.2. The summed E-state index contributed by atoms with van der Waals surface area (Å²) >= 11 is 0. The van der Waals surface area contributed by atoms with Gasteiger partial charge in [-0.05, 0) is 81.5 Å². The van der Waals surface area contributed by atoms with Gasteiger partial charge in [0.2, 0.25) is 0 Å². The van der Waals surface area contributed by atoms with Gasteiger partial charge in [-0.3, -0.25) is 9.80 Å². The van der Waals surface area contributed by atoms with Gasteiger partial charge in [-0.15, -0.1) is 0 Å². The van der Waals surface area contributed by atoms with Crippen LogP contribution >= 0.6 is 0 Å². The van der Waals surface area contributed by atoms with Gasteiger partial charge in [-0.25, -0.2) is 0 Å². The molecule has 4 rings (SSSR count). The van der Waals surface area contributed by atoms with Gasteiger partial charge in [0.05, 0.1) is 0 Å². The van der Waals surface area contributed by atoms with Gasteiger partial charge in [-0.2, -0.15) is 0 Å². The van der Waals surface area contributed by atoms with Crippen LogP contribution in [0.2, 0.25) is 0 Å². The second-order valence-electron chi connectivity index (χ2n) is 11.7. The van der Waals surface area contributed by atoms with Crippen LogP contribution in [-0.2, 0) is 0 Å². The van der Waals surface area contributed by atoms with Crippen LogP contribution in [0.5, 0.6) is 0 Å². The van der Waals surface area contributed by atoms with Gasteiger partial charge in [0.15, 0.2) is 0 Å². The predicted octanol–water partition coefficient (Wildman–Crippen LogP) is 4.50. The zero-order chi connectivity index (χ0) is 17.3. The van der Waals surface area contributed by atoms with Crippen molar-refractivity contribution in [3.05, 3.63) is 0 Å². The van der Waals surface area contributed by atoms with E-state index < -0.39 is 0 Å². The second-order valence-corrected chi connectivity index (χ2v) is 11.7. The first-order valence-corrected chi connectivity index (χ1v) is 10.6. The molecule has 4 fully saturated rings. The van der Waals surface area contributed by atoms with Crippen molar-refractivity contribution in [2.45, 2.75) is 78.8 Å². The molecule has 2 aliphatic heterocycles. The van der Waals surface area contributed by atoms with Crippen molar-refractivity contribution < 1.29 is 0 Å². The molecule has 0 aromatic rings. The molecule has 2 nitrogen and oxygen atoms in total. The smallest absolute Gasteiger partial charge is 0.0125 e. The Bertz CT molecular complexity index is 399. The van der Waals surface area contributed by atoms with Crippen LogP contribution in [0.4, 0.5) is 0 Å². The van der Waals surface area contributed by atoms with Gasteiger partial charge >= 0.3 is 0 Å². The molecule has 2 saturated carbocycles. The summed E-state index contributed by atoms with van der Waals surface area (Å²) in [7, 11) is 0. The van der Waals surface area contributed by atoms with Crippen molar-refractivity contribution in [3.63, 3.8) is 0 Å². The van der Waals surface area contributed by atoms with E-state index in [9.17, 15) is 0 Å². The van der Waals surface area contributed by atoms with E-state index in [0.29, 0.717) is 11.0 Å². The molecular formula is C22H40N2. The van der Waals surface area contributed by atoms with Gasteiger partial charge < -0.3 is 0 Å². The zero-order valence-corrected chi connectivity index (χ0v) is 17.0. The van der Waals surface area contributed by atoms with Gasteiger partial charge in [0.25, 0.3) is 0 Å². The largest absolute Gasteiger partial charge is 0.300 e. The molecule has 0 aromatic heterocycles. The van der Waals surface area contributed by atoms with E-state index in [-0.39, 0.29) is 0 Å². The summed E-state index contributed by atoms with van der Waals surface area (Å²) in [5.41, 5.74) is 0.891. The Morgan fingerprint density at radius 1 is 0.625 bits per heavy atom. The first-order valence-electron chi connectivity index (χ1n) is 10.6. The third-order valence-electron chi connectivity index (χ3n) is 8.20. The number of nitrogens with zero attached hydrogens (tertiary/aromatic N) is 2. The molecule has 0 amide bonds. The Hall–Kier alpha value is -0.0800. The van der Waals surface area contributed by atoms with Crippen LogP contribution in [0.1, 0.15) is 67.2 Å². The molecule has 0 N–H and O–H groups in total. The highest BCUT2D eigenvalue weighted by Crippen LogP contribution is 2.50. The van der Waals surface area contributed by atoms with Crippen molar-refractivity contribution in [1.82, 2.24) is 9.80 Å². The van der Waals surface area contributed by atoms with Gasteiger partial charge in [0, 0.05) is 37.8 Å². The summed E-state index contributed by atoms with van der Waals surface area (Å²) in [6, 6.07) is 0.917. The Kier molecular flexibility index (Phi) is 4.12. The molecule has 2 heterocycles. The fraction of sp³-hybridized carbons (Fsp3) is 1.00. The van der Waals surface area contributed by atoms with Crippen LogP contribution in [0, 0.1) is 35.0 Å². The summed E-state index contributed by atoms with van der Waals surface area (Å²) in [4.78, 5) is 5.67. The number of hydrogen-bond acceptors (Lipinski definition) is 2. The van der Waals surface area contributed by atoms with Gasteiger partial charge in [-0.1, -0.05) is 20.8 Å². The highest BCUT2D eigenvalue weighted by Gasteiger charge is 2.49. The molecule has 2 saturated heterocycles. The Morgan fingerprint density at radius 3 is 1.50 bits per heavy atom. The van der Waals surface area contributed by atoms with Crippen LogP contribution in [0.15, 0.2) is 0 Å². The Labute approximate surface area is 150 Å². The van der Waals surface area contributed by atoms with Crippen molar-refractivity contribution in [2.24, 2.45) is 35.0 Å². The number of likely N-dealkylation sites (tertiary alicyclic amines) is 2. The van der Waals surface area contributed by atoms with Crippen molar-refractivity contribution in [3.8, 4) is 0 Å². The average Bonchev–Trinajstić information content (AvgIpc) is 3.12. The zero-order valence-electron chi connectivity index (χ0n) is 17.0. The van der Waals surface area contributed by atoms with Gasteiger partial charge in [0.1, 0.15) is 0 Å². The molecular weight excluding hydrogens is 292 g/mol. The maximum Gasteiger partial charge on any atom is 0.0125 e. The first kappa shape index (κ1) is 17.3. The van der Waals surface area contributed by atoms with E-state index in [1.807, 2.05) is 0 Å². The lowest BCUT2D eigenvalue weighted by Crippen LogP contribution is -2.41. The Balaban J connectivity index is 1.31. The molecule has 4 atom stereocenters. The lowest BCUT2D eigenvalue weighted by molar-refractivity contribution is 0.141. The van der Waals surface area contributed by atoms with E-state index in [2.05, 4.69) is 51.3 Å². The Morgan fingerprint density at radius 2 is 1.08 bits per heavy atom. The molecule has 0 bridgehead atoms. The fourth-order valence-electron chi connectivity index (χ4n) is 6.46. The highest BCUT2D eigenvalue weighted by atomic mass is 15.2. The quantitative estimate of drug-likeness (QED) is 0.697. The number of rotatable bonds is 1. The minimum atomic E-state index is 0.368. The topological polar surface area (TPSA) is 6.48 Å². The van der Waals surface area contributed by atoms with Crippen LogP contribution in [-0.4, -0.2) is 47.6 Å². The molecule has 24 heavy (non-hydrogen) atoms. The highest BCUT2D eigenvalue weighted by molar-refractivity contribution is 5.02. The van der Waals surface area contributed by atoms with Crippen molar-refractivity contribution >= 4 is 0 Å². The minimum absolute atomic E-state index is 0.368. The molecule has 4 aliphatic rings. The summed E-state index contributed by atoms with van der Waals surface area (Å²) < 4.78 is 0. The maximum absolute atomic E-state index is 2.92. The second kappa shape index (κ2) is 5.71. The van der Waals surface area contributed by atoms with E-state index in [1.165, 1.54) is 51.9 Å². The summed E-state index contributed by atoms with van der Waals surface area (Å²) in [6.45, 7) is 20.1. The van der Waals surface area contributed by atoms with Crippen molar-refractivity contribution in [2.75, 3.05) is 26.2 Å². The van der Waals surface area contributed by atoms with E-state index in [4.69, 9.17) is 0 Å². The monoisotopic (exact) mass is 332 g/mol. The molecule has 0 aromatic carbocycles. The molecule has 0 radical (unpaired) electrons. The summed E-state index contributed by atoms with van der Waals surface area (Å²) in [6.07, 6.45) is 5.98. The molecule has 2 aliphatic carbocycles. The number of fused-ring (bicyclic) bond motifs is 2. The molecule has 0 spiro atoms. The van der Waals surface area contributed by atoms with E-state index in [1.54, 1.807) is 0 Å². The summed E-state index contributed by atoms with van der Waals surface area (Å²) in [5, 5.41) is 0. The third kappa shape index (κ3) is 3.07.